The topological polar surface area (TPSA) is 145 Å². The van der Waals surface area contributed by atoms with Crippen molar-refractivity contribution in [2.45, 2.75) is 43.2 Å². The van der Waals surface area contributed by atoms with Crippen molar-refractivity contribution in [2.24, 2.45) is 11.5 Å². The zero-order valence-corrected chi connectivity index (χ0v) is 16.9. The smallest absolute Gasteiger partial charge is 0.241 e. The lowest BCUT2D eigenvalue weighted by Crippen LogP contribution is -2.44. The standard InChI is InChI=1S/C17H22N6O3S2/c1-11-5-7-12(8-6-11)28(25,26)22-14(15(19)24)4-2-3-13(18)16-21-27-17-20-9-10-23(16)17/h5-10,13-14,22H,2-4,18H2,1H3,(H2,19,24)/t13?,14-/m0/s1. The molecule has 0 saturated carbocycles. The van der Waals surface area contributed by atoms with Gasteiger partial charge in [0.15, 0.2) is 0 Å². The zero-order valence-electron chi connectivity index (χ0n) is 15.3. The van der Waals surface area contributed by atoms with E-state index in [-0.39, 0.29) is 17.4 Å². The van der Waals surface area contributed by atoms with Gasteiger partial charge in [-0.1, -0.05) is 17.7 Å². The second-order valence-electron chi connectivity index (χ2n) is 6.55. The number of nitrogens with one attached hydrogen (secondary N) is 1. The number of aryl methyl sites for hydroxylation is 1. The third-order valence-corrected chi connectivity index (χ3v) is 6.62. The number of carbonyl (C=O) groups is 1. The molecule has 1 amide bonds. The summed E-state index contributed by atoms with van der Waals surface area (Å²) < 4.78 is 33.5. The van der Waals surface area contributed by atoms with Crippen LogP contribution >= 0.6 is 11.5 Å². The number of primary amides is 1. The molecule has 28 heavy (non-hydrogen) atoms. The fraction of sp³-hybridized carbons (Fsp3) is 0.353. The molecule has 2 heterocycles. The summed E-state index contributed by atoms with van der Waals surface area (Å²) in [6.45, 7) is 1.86. The molecule has 9 nitrogen and oxygen atoms in total. The molecular formula is C17H22N6O3S2. The van der Waals surface area contributed by atoms with E-state index in [4.69, 9.17) is 11.5 Å². The molecule has 0 aliphatic rings. The summed E-state index contributed by atoms with van der Waals surface area (Å²) in [5.74, 6) is -0.0386. The number of hydrogen-bond donors (Lipinski definition) is 3. The van der Waals surface area contributed by atoms with E-state index in [1.165, 1.54) is 23.7 Å². The maximum absolute atomic E-state index is 12.5. The number of imidazole rings is 1. The maximum Gasteiger partial charge on any atom is 0.241 e. The van der Waals surface area contributed by atoms with E-state index in [0.717, 1.165) is 10.5 Å². The Hall–Kier alpha value is -2.34. The summed E-state index contributed by atoms with van der Waals surface area (Å²) in [7, 11) is -3.84. The molecule has 1 unspecified atom stereocenters. The number of hydrogen-bond acceptors (Lipinski definition) is 7. The van der Waals surface area contributed by atoms with Crippen molar-refractivity contribution in [2.75, 3.05) is 0 Å². The summed E-state index contributed by atoms with van der Waals surface area (Å²) in [5, 5.41) is 0. The first-order valence-electron chi connectivity index (χ1n) is 8.70. The molecule has 1 aromatic carbocycles. The van der Waals surface area contributed by atoms with Gasteiger partial charge in [-0.25, -0.2) is 13.4 Å². The Labute approximate surface area is 167 Å². The number of sulfonamides is 1. The highest BCUT2D eigenvalue weighted by molar-refractivity contribution is 7.89. The maximum atomic E-state index is 12.5. The lowest BCUT2D eigenvalue weighted by molar-refractivity contribution is -0.119. The van der Waals surface area contributed by atoms with Crippen molar-refractivity contribution in [3.63, 3.8) is 0 Å². The summed E-state index contributed by atoms with van der Waals surface area (Å²) >= 11 is 1.26. The van der Waals surface area contributed by atoms with Gasteiger partial charge in [0, 0.05) is 23.9 Å². The third-order valence-electron chi connectivity index (χ3n) is 4.39. The van der Waals surface area contributed by atoms with Crippen molar-refractivity contribution < 1.29 is 13.2 Å². The van der Waals surface area contributed by atoms with Crippen molar-refractivity contribution >= 4 is 32.4 Å². The van der Waals surface area contributed by atoms with Gasteiger partial charge < -0.3 is 11.5 Å². The highest BCUT2D eigenvalue weighted by atomic mass is 32.2. The molecule has 0 aliphatic heterocycles. The predicted molar refractivity (Wildman–Crippen MR) is 106 cm³/mol. The van der Waals surface area contributed by atoms with E-state index in [1.54, 1.807) is 24.5 Å². The number of aromatic nitrogens is 3. The number of carbonyl (C=O) groups excluding carboxylic acids is 1. The molecule has 11 heteroatoms. The van der Waals surface area contributed by atoms with Crippen LogP contribution < -0.4 is 16.2 Å². The number of rotatable bonds is 9. The van der Waals surface area contributed by atoms with Gasteiger partial charge in [0.1, 0.15) is 11.9 Å². The van der Waals surface area contributed by atoms with Gasteiger partial charge in [-0.05, 0) is 38.3 Å². The second-order valence-corrected chi connectivity index (χ2v) is 8.99. The molecule has 0 spiro atoms. The molecule has 2 aromatic heterocycles. The lowest BCUT2D eigenvalue weighted by Gasteiger charge is -2.17. The van der Waals surface area contributed by atoms with Crippen LogP contribution in [0.3, 0.4) is 0 Å². The highest BCUT2D eigenvalue weighted by Gasteiger charge is 2.24. The summed E-state index contributed by atoms with van der Waals surface area (Å²) in [6, 6.07) is 5.00. The van der Waals surface area contributed by atoms with Gasteiger partial charge in [0.25, 0.3) is 0 Å². The number of amides is 1. The van der Waals surface area contributed by atoms with Crippen molar-refractivity contribution in [1.82, 2.24) is 18.5 Å². The molecule has 150 valence electrons. The molecular weight excluding hydrogens is 400 g/mol. The van der Waals surface area contributed by atoms with Crippen LogP contribution in [0.2, 0.25) is 0 Å². The van der Waals surface area contributed by atoms with E-state index in [1.807, 2.05) is 11.3 Å². The van der Waals surface area contributed by atoms with Crippen LogP contribution in [0.5, 0.6) is 0 Å². The zero-order chi connectivity index (χ0) is 20.3. The molecule has 3 aromatic rings. The largest absolute Gasteiger partial charge is 0.368 e. The number of benzene rings is 1. The molecule has 3 rings (SSSR count). The van der Waals surface area contributed by atoms with E-state index in [2.05, 4.69) is 14.1 Å². The minimum Gasteiger partial charge on any atom is -0.368 e. The Morgan fingerprint density at radius 1 is 1.29 bits per heavy atom. The summed E-state index contributed by atoms with van der Waals surface area (Å²) in [6.07, 6.45) is 4.72. The average Bonchev–Trinajstić information content (AvgIpc) is 3.24. The number of nitrogens with zero attached hydrogens (tertiary/aromatic N) is 3. The first-order chi connectivity index (χ1) is 13.3. The molecule has 0 bridgehead atoms. The molecule has 2 atom stereocenters. The Morgan fingerprint density at radius 2 is 2.00 bits per heavy atom. The Morgan fingerprint density at radius 3 is 2.68 bits per heavy atom. The van der Waals surface area contributed by atoms with Crippen molar-refractivity contribution in [1.29, 1.82) is 0 Å². The van der Waals surface area contributed by atoms with Gasteiger partial charge >= 0.3 is 0 Å². The van der Waals surface area contributed by atoms with E-state index >= 15 is 0 Å². The number of nitrogens with two attached hydrogens (primary N) is 2. The quantitative estimate of drug-likeness (QED) is 0.471. The first-order valence-corrected chi connectivity index (χ1v) is 11.0. The monoisotopic (exact) mass is 422 g/mol. The van der Waals surface area contributed by atoms with Crippen molar-refractivity contribution in [3.05, 3.63) is 48.0 Å². The molecule has 0 fully saturated rings. The van der Waals surface area contributed by atoms with Crippen LogP contribution in [0.4, 0.5) is 0 Å². The molecule has 0 radical (unpaired) electrons. The minimum absolute atomic E-state index is 0.0889. The van der Waals surface area contributed by atoms with Crippen LogP contribution in [0.1, 0.15) is 36.7 Å². The van der Waals surface area contributed by atoms with E-state index in [9.17, 15) is 13.2 Å². The normalized spacial score (nSPS) is 14.2. The Balaban J connectivity index is 1.61. The van der Waals surface area contributed by atoms with Crippen LogP contribution in [0.15, 0.2) is 41.6 Å². The highest BCUT2D eigenvalue weighted by Crippen LogP contribution is 2.20. The summed E-state index contributed by atoms with van der Waals surface area (Å²) in [4.78, 5) is 16.7. The van der Waals surface area contributed by atoms with Gasteiger partial charge in [0.05, 0.1) is 10.9 Å². The minimum atomic E-state index is -3.84. The summed E-state index contributed by atoms with van der Waals surface area (Å²) in [5.41, 5.74) is 12.5. The van der Waals surface area contributed by atoms with E-state index in [0.29, 0.717) is 18.7 Å². The van der Waals surface area contributed by atoms with Crippen LogP contribution in [-0.4, -0.2) is 34.1 Å². The third kappa shape index (κ3) is 4.55. The van der Waals surface area contributed by atoms with Crippen LogP contribution in [0, 0.1) is 6.92 Å². The fourth-order valence-electron chi connectivity index (χ4n) is 2.81. The first kappa shape index (κ1) is 20.4. The average molecular weight is 423 g/mol. The molecule has 5 N–H and O–H groups in total. The predicted octanol–water partition coefficient (Wildman–Crippen LogP) is 1.10. The van der Waals surface area contributed by atoms with Crippen LogP contribution in [0.25, 0.3) is 4.96 Å². The van der Waals surface area contributed by atoms with Gasteiger partial charge in [-0.2, -0.15) is 9.10 Å². The fourth-order valence-corrected chi connectivity index (χ4v) is 4.80. The number of fused-ring (bicyclic) bond motifs is 1. The second kappa shape index (κ2) is 8.35. The molecule has 0 aliphatic carbocycles. The Bertz CT molecular complexity index is 1060. The van der Waals surface area contributed by atoms with E-state index < -0.39 is 22.0 Å². The van der Waals surface area contributed by atoms with Gasteiger partial charge in [0.2, 0.25) is 20.9 Å². The SMILES string of the molecule is Cc1ccc(S(=O)(=O)N[C@@H](CCCC(N)c2nsc3nccn23)C(N)=O)cc1. The van der Waals surface area contributed by atoms with Gasteiger partial charge in [-0.15, -0.1) is 0 Å². The van der Waals surface area contributed by atoms with Crippen molar-refractivity contribution in [3.8, 4) is 0 Å². The van der Waals surface area contributed by atoms with Gasteiger partial charge in [-0.3, -0.25) is 9.20 Å². The lowest BCUT2D eigenvalue weighted by atomic mass is 10.1. The van der Waals surface area contributed by atoms with Crippen LogP contribution in [-0.2, 0) is 14.8 Å². The molecule has 0 saturated heterocycles. The Kier molecular flexibility index (Phi) is 6.08.